The number of anilines is 1. The maximum Gasteiger partial charge on any atom is 0.243 e. The molecule has 3 rings (SSSR count). The molecular formula is C16H18N4O. The lowest BCUT2D eigenvalue weighted by molar-refractivity contribution is 0.414. The van der Waals surface area contributed by atoms with E-state index < -0.39 is 0 Å². The van der Waals surface area contributed by atoms with Gasteiger partial charge in [0.1, 0.15) is 5.75 Å². The van der Waals surface area contributed by atoms with Gasteiger partial charge in [-0.2, -0.15) is 4.98 Å². The highest BCUT2D eigenvalue weighted by molar-refractivity contribution is 5.44. The summed E-state index contributed by atoms with van der Waals surface area (Å²) in [6.45, 7) is 2.80. The maximum absolute atomic E-state index is 5.22. The van der Waals surface area contributed by atoms with Crippen molar-refractivity contribution >= 4 is 11.6 Å². The number of aryl methyl sites for hydroxylation is 1. The number of benzene rings is 1. The monoisotopic (exact) mass is 282 g/mol. The van der Waals surface area contributed by atoms with Crippen LogP contribution in [-0.2, 0) is 6.42 Å². The van der Waals surface area contributed by atoms with Crippen LogP contribution in [0.3, 0.4) is 0 Å². The summed E-state index contributed by atoms with van der Waals surface area (Å²) in [5.74, 6) is 1.54. The Morgan fingerprint density at radius 1 is 1.19 bits per heavy atom. The van der Waals surface area contributed by atoms with Crippen LogP contribution in [0.15, 0.2) is 42.5 Å². The molecule has 1 aromatic carbocycles. The smallest absolute Gasteiger partial charge is 0.243 e. The van der Waals surface area contributed by atoms with E-state index in [0.29, 0.717) is 5.95 Å². The summed E-state index contributed by atoms with van der Waals surface area (Å²) in [5, 5.41) is 7.71. The molecule has 0 saturated carbocycles. The lowest BCUT2D eigenvalue weighted by Gasteiger charge is -2.04. The third-order valence-corrected chi connectivity index (χ3v) is 3.38. The van der Waals surface area contributed by atoms with Gasteiger partial charge in [-0.15, -0.1) is 5.10 Å². The fourth-order valence-corrected chi connectivity index (χ4v) is 2.26. The van der Waals surface area contributed by atoms with Crippen molar-refractivity contribution in [2.45, 2.75) is 13.3 Å². The van der Waals surface area contributed by atoms with Crippen molar-refractivity contribution in [1.29, 1.82) is 0 Å². The first-order valence-corrected chi connectivity index (χ1v) is 6.95. The zero-order valence-corrected chi connectivity index (χ0v) is 12.2. The summed E-state index contributed by atoms with van der Waals surface area (Å²) >= 11 is 0. The Hall–Kier alpha value is -2.56. The fourth-order valence-electron chi connectivity index (χ4n) is 2.26. The molecule has 108 valence electrons. The van der Waals surface area contributed by atoms with Crippen molar-refractivity contribution < 1.29 is 4.74 Å². The largest absolute Gasteiger partial charge is 0.497 e. The number of rotatable bonds is 5. The van der Waals surface area contributed by atoms with Crippen LogP contribution < -0.4 is 10.1 Å². The molecule has 0 saturated heterocycles. The second kappa shape index (κ2) is 5.83. The average molecular weight is 282 g/mol. The van der Waals surface area contributed by atoms with Gasteiger partial charge in [0.25, 0.3) is 0 Å². The summed E-state index contributed by atoms with van der Waals surface area (Å²) in [6, 6.07) is 14.0. The molecule has 1 N–H and O–H groups in total. The van der Waals surface area contributed by atoms with Gasteiger partial charge in [0.15, 0.2) is 5.65 Å². The number of aromatic nitrogens is 3. The van der Waals surface area contributed by atoms with Gasteiger partial charge in [-0.1, -0.05) is 18.2 Å². The van der Waals surface area contributed by atoms with E-state index in [0.717, 1.165) is 30.1 Å². The van der Waals surface area contributed by atoms with Crippen LogP contribution in [-0.4, -0.2) is 28.3 Å². The Bertz CT molecular complexity index is 751. The first kappa shape index (κ1) is 13.4. The molecular weight excluding hydrogens is 264 g/mol. The van der Waals surface area contributed by atoms with E-state index in [9.17, 15) is 0 Å². The minimum atomic E-state index is 0.659. The number of nitrogens with one attached hydrogen (secondary N) is 1. The number of hydrogen-bond acceptors (Lipinski definition) is 4. The average Bonchev–Trinajstić information content (AvgIpc) is 2.92. The van der Waals surface area contributed by atoms with Crippen molar-refractivity contribution in [3.63, 3.8) is 0 Å². The van der Waals surface area contributed by atoms with Crippen molar-refractivity contribution in [1.82, 2.24) is 14.6 Å². The first-order valence-electron chi connectivity index (χ1n) is 6.95. The summed E-state index contributed by atoms with van der Waals surface area (Å²) in [4.78, 5) is 4.45. The van der Waals surface area contributed by atoms with E-state index in [2.05, 4.69) is 21.5 Å². The highest BCUT2D eigenvalue weighted by atomic mass is 16.5. The lowest BCUT2D eigenvalue weighted by atomic mass is 10.1. The number of nitrogens with zero attached hydrogens (tertiary/aromatic N) is 3. The summed E-state index contributed by atoms with van der Waals surface area (Å²) in [7, 11) is 1.68. The minimum absolute atomic E-state index is 0.659. The highest BCUT2D eigenvalue weighted by Gasteiger charge is 2.04. The number of hydrogen-bond donors (Lipinski definition) is 1. The molecule has 0 atom stereocenters. The molecule has 0 unspecified atom stereocenters. The van der Waals surface area contributed by atoms with Crippen LogP contribution in [0.2, 0.25) is 0 Å². The molecule has 5 heteroatoms. The molecule has 2 aromatic heterocycles. The van der Waals surface area contributed by atoms with Crippen molar-refractivity contribution in [2.24, 2.45) is 0 Å². The van der Waals surface area contributed by atoms with Crippen LogP contribution in [0, 0.1) is 6.92 Å². The van der Waals surface area contributed by atoms with E-state index in [1.807, 2.05) is 47.8 Å². The van der Waals surface area contributed by atoms with Gasteiger partial charge in [-0.05, 0) is 43.2 Å². The molecule has 5 nitrogen and oxygen atoms in total. The molecule has 0 aliphatic rings. The van der Waals surface area contributed by atoms with Crippen LogP contribution in [0.5, 0.6) is 5.75 Å². The van der Waals surface area contributed by atoms with E-state index >= 15 is 0 Å². The number of pyridine rings is 1. The molecule has 0 spiro atoms. The second-order valence-electron chi connectivity index (χ2n) is 4.90. The van der Waals surface area contributed by atoms with Crippen molar-refractivity contribution in [3.05, 3.63) is 53.7 Å². The number of methoxy groups -OCH3 is 1. The Morgan fingerprint density at radius 2 is 2.05 bits per heavy atom. The predicted octanol–water partition coefficient (Wildman–Crippen LogP) is 2.70. The van der Waals surface area contributed by atoms with Gasteiger partial charge in [-0.3, -0.25) is 0 Å². The quantitative estimate of drug-likeness (QED) is 0.781. The van der Waals surface area contributed by atoms with Crippen LogP contribution in [0.4, 0.5) is 5.95 Å². The summed E-state index contributed by atoms with van der Waals surface area (Å²) in [6.07, 6.45) is 0.895. The van der Waals surface area contributed by atoms with Crippen LogP contribution in [0.25, 0.3) is 5.65 Å². The fraction of sp³-hybridized carbons (Fsp3) is 0.250. The zero-order valence-electron chi connectivity index (χ0n) is 12.2. The summed E-state index contributed by atoms with van der Waals surface area (Å²) < 4.78 is 7.07. The van der Waals surface area contributed by atoms with E-state index in [4.69, 9.17) is 4.74 Å². The first-order chi connectivity index (χ1) is 10.3. The third-order valence-electron chi connectivity index (χ3n) is 3.38. The zero-order chi connectivity index (χ0) is 14.7. The van der Waals surface area contributed by atoms with Crippen LogP contribution in [0.1, 0.15) is 11.3 Å². The molecule has 0 fully saturated rings. The topological polar surface area (TPSA) is 51.5 Å². The van der Waals surface area contributed by atoms with Crippen molar-refractivity contribution in [2.75, 3.05) is 19.0 Å². The van der Waals surface area contributed by atoms with Gasteiger partial charge in [-0.25, -0.2) is 4.52 Å². The Morgan fingerprint density at radius 3 is 2.86 bits per heavy atom. The summed E-state index contributed by atoms with van der Waals surface area (Å²) in [5.41, 5.74) is 3.15. The normalized spacial score (nSPS) is 10.8. The van der Waals surface area contributed by atoms with Gasteiger partial charge in [0.2, 0.25) is 5.95 Å². The number of fused-ring (bicyclic) bond motifs is 1. The SMILES string of the molecule is COc1cccc(CCNc2nc3cccc(C)n3n2)c1. The molecule has 0 amide bonds. The van der Waals surface area contributed by atoms with Gasteiger partial charge in [0.05, 0.1) is 7.11 Å². The minimum Gasteiger partial charge on any atom is -0.497 e. The Kier molecular flexibility index (Phi) is 3.73. The molecule has 0 aliphatic carbocycles. The highest BCUT2D eigenvalue weighted by Crippen LogP contribution is 2.13. The third kappa shape index (κ3) is 2.97. The standard InChI is InChI=1S/C16H18N4O/c1-12-5-3-8-15-18-16(19-20(12)15)17-10-9-13-6-4-7-14(11-13)21-2/h3-8,11H,9-10H2,1-2H3,(H,17,19). The molecule has 2 heterocycles. The number of ether oxygens (including phenoxy) is 1. The molecule has 3 aromatic rings. The van der Waals surface area contributed by atoms with Crippen molar-refractivity contribution in [3.8, 4) is 5.75 Å². The van der Waals surface area contributed by atoms with E-state index in [-0.39, 0.29) is 0 Å². The molecule has 0 aliphatic heterocycles. The molecule has 21 heavy (non-hydrogen) atoms. The van der Waals surface area contributed by atoms with Gasteiger partial charge in [0, 0.05) is 12.2 Å². The molecule has 0 bridgehead atoms. The second-order valence-corrected chi connectivity index (χ2v) is 4.90. The van der Waals surface area contributed by atoms with Gasteiger partial charge < -0.3 is 10.1 Å². The van der Waals surface area contributed by atoms with Gasteiger partial charge >= 0.3 is 0 Å². The van der Waals surface area contributed by atoms with E-state index in [1.165, 1.54) is 5.56 Å². The van der Waals surface area contributed by atoms with Crippen LogP contribution >= 0.6 is 0 Å². The lowest BCUT2D eigenvalue weighted by Crippen LogP contribution is -2.06. The molecule has 0 radical (unpaired) electrons. The predicted molar refractivity (Wildman–Crippen MR) is 82.9 cm³/mol. The Labute approximate surface area is 123 Å². The van der Waals surface area contributed by atoms with E-state index in [1.54, 1.807) is 7.11 Å². The maximum atomic E-state index is 5.22. The Balaban J connectivity index is 1.65.